The molecule has 1 aliphatic rings. The minimum Gasteiger partial charge on any atom is -0.370 e. The molecule has 0 unspecified atom stereocenters. The average Bonchev–Trinajstić information content (AvgIpc) is 3.10. The van der Waals surface area contributed by atoms with E-state index in [4.69, 9.17) is 5.73 Å². The van der Waals surface area contributed by atoms with Crippen molar-refractivity contribution in [3.05, 3.63) is 30.7 Å². The molecule has 1 fully saturated rings. The highest BCUT2D eigenvalue weighted by Crippen LogP contribution is 2.39. The zero-order valence-electron chi connectivity index (χ0n) is 13.4. The molecule has 0 radical (unpaired) electrons. The fraction of sp³-hybridized carbons (Fsp3) is 0.353. The molecule has 3 aromatic rings. The third-order valence-corrected chi connectivity index (χ3v) is 4.52. The number of nitrogens with one attached hydrogen (secondary N) is 1. The highest BCUT2D eigenvalue weighted by Gasteiger charge is 2.30. The zero-order chi connectivity index (χ0) is 16.0. The normalized spacial score (nSPS) is 17.0. The predicted molar refractivity (Wildman–Crippen MR) is 92.1 cm³/mol. The molecule has 23 heavy (non-hydrogen) atoms. The Morgan fingerprint density at radius 1 is 1.22 bits per heavy atom. The van der Waals surface area contributed by atoms with E-state index in [2.05, 4.69) is 44.7 Å². The number of aromatic nitrogens is 4. The molecule has 118 valence electrons. The van der Waals surface area contributed by atoms with Crippen molar-refractivity contribution < 1.29 is 0 Å². The van der Waals surface area contributed by atoms with Gasteiger partial charge in [0.25, 0.3) is 0 Å². The quantitative estimate of drug-likeness (QED) is 0.760. The minimum absolute atomic E-state index is 0.282. The SMILES string of the molecule is CC1(C)CCN(c2ccnc3[nH]cc(-c4ccnc(N)n4)c23)C1. The van der Waals surface area contributed by atoms with Crippen molar-refractivity contribution >= 4 is 22.7 Å². The lowest BCUT2D eigenvalue weighted by Crippen LogP contribution is -2.22. The largest absolute Gasteiger partial charge is 0.370 e. The Balaban J connectivity index is 1.88. The molecule has 3 aromatic heterocycles. The van der Waals surface area contributed by atoms with Crippen molar-refractivity contribution in [2.45, 2.75) is 20.3 Å². The van der Waals surface area contributed by atoms with Crippen molar-refractivity contribution in [1.29, 1.82) is 0 Å². The molecule has 1 aliphatic heterocycles. The lowest BCUT2D eigenvalue weighted by molar-refractivity contribution is 0.418. The van der Waals surface area contributed by atoms with Crippen molar-refractivity contribution in [2.75, 3.05) is 23.7 Å². The standard InChI is InChI=1S/C17H20N6/c1-17(2)5-8-23(10-17)13-4-7-19-15-14(13)11(9-21-15)12-3-6-20-16(18)22-12/h3-4,6-7,9H,5,8,10H2,1-2H3,(H,19,21)(H2,18,20,22). The maximum absolute atomic E-state index is 5.75. The molecule has 4 rings (SSSR count). The molecular formula is C17H20N6. The van der Waals surface area contributed by atoms with Gasteiger partial charge in [-0.05, 0) is 24.0 Å². The maximum atomic E-state index is 5.75. The topological polar surface area (TPSA) is 83.7 Å². The minimum atomic E-state index is 0.282. The zero-order valence-corrected chi connectivity index (χ0v) is 13.4. The number of nitrogen functional groups attached to an aromatic ring is 1. The van der Waals surface area contributed by atoms with E-state index in [1.54, 1.807) is 6.20 Å². The van der Waals surface area contributed by atoms with Gasteiger partial charge in [0, 0.05) is 42.9 Å². The number of H-pyrrole nitrogens is 1. The van der Waals surface area contributed by atoms with Gasteiger partial charge in [0.15, 0.2) is 0 Å². The second-order valence-electron chi connectivity index (χ2n) is 6.89. The summed E-state index contributed by atoms with van der Waals surface area (Å²) in [5.41, 5.74) is 9.99. The second-order valence-corrected chi connectivity index (χ2v) is 6.89. The summed E-state index contributed by atoms with van der Waals surface area (Å²) in [5, 5.41) is 1.10. The average molecular weight is 308 g/mol. The third kappa shape index (κ3) is 2.40. The summed E-state index contributed by atoms with van der Waals surface area (Å²) in [6.07, 6.45) is 6.68. The van der Waals surface area contributed by atoms with Crippen LogP contribution in [0.25, 0.3) is 22.3 Å². The number of nitrogens with zero attached hydrogens (tertiary/aromatic N) is 4. The van der Waals surface area contributed by atoms with Crippen LogP contribution < -0.4 is 10.6 Å². The van der Waals surface area contributed by atoms with Crippen LogP contribution >= 0.6 is 0 Å². The fourth-order valence-electron chi connectivity index (χ4n) is 3.35. The molecule has 3 N–H and O–H groups in total. The number of fused-ring (bicyclic) bond motifs is 1. The molecule has 6 nitrogen and oxygen atoms in total. The van der Waals surface area contributed by atoms with Gasteiger partial charge in [0.05, 0.1) is 11.1 Å². The first-order valence-electron chi connectivity index (χ1n) is 7.83. The molecule has 0 saturated carbocycles. The summed E-state index contributed by atoms with van der Waals surface area (Å²) < 4.78 is 0. The predicted octanol–water partition coefficient (Wildman–Crippen LogP) is 2.84. The van der Waals surface area contributed by atoms with Crippen LogP contribution in [0.4, 0.5) is 11.6 Å². The molecular weight excluding hydrogens is 288 g/mol. The van der Waals surface area contributed by atoms with Crippen molar-refractivity contribution in [3.8, 4) is 11.3 Å². The first-order valence-corrected chi connectivity index (χ1v) is 7.83. The van der Waals surface area contributed by atoms with Crippen LogP contribution in [0.1, 0.15) is 20.3 Å². The van der Waals surface area contributed by atoms with Gasteiger partial charge in [-0.15, -0.1) is 0 Å². The van der Waals surface area contributed by atoms with E-state index in [-0.39, 0.29) is 5.95 Å². The van der Waals surface area contributed by atoms with Gasteiger partial charge < -0.3 is 15.6 Å². The van der Waals surface area contributed by atoms with Crippen LogP contribution in [0.2, 0.25) is 0 Å². The third-order valence-electron chi connectivity index (χ3n) is 4.52. The number of aromatic amines is 1. The van der Waals surface area contributed by atoms with Gasteiger partial charge in [-0.25, -0.2) is 15.0 Å². The van der Waals surface area contributed by atoms with Gasteiger partial charge in [-0.1, -0.05) is 13.8 Å². The van der Waals surface area contributed by atoms with Crippen molar-refractivity contribution in [1.82, 2.24) is 19.9 Å². The Hall–Kier alpha value is -2.63. The summed E-state index contributed by atoms with van der Waals surface area (Å²) in [7, 11) is 0. The molecule has 0 atom stereocenters. The van der Waals surface area contributed by atoms with Gasteiger partial charge in [-0.3, -0.25) is 0 Å². The molecule has 6 heteroatoms. The Bertz CT molecular complexity index is 866. The van der Waals surface area contributed by atoms with E-state index < -0.39 is 0 Å². The van der Waals surface area contributed by atoms with Gasteiger partial charge in [0.1, 0.15) is 5.65 Å². The van der Waals surface area contributed by atoms with E-state index in [9.17, 15) is 0 Å². The van der Waals surface area contributed by atoms with E-state index in [1.807, 2.05) is 18.5 Å². The smallest absolute Gasteiger partial charge is 0.220 e. The first kappa shape index (κ1) is 14.0. The molecule has 0 bridgehead atoms. The van der Waals surface area contributed by atoms with Gasteiger partial charge in [-0.2, -0.15) is 0 Å². The highest BCUT2D eigenvalue weighted by molar-refractivity contribution is 6.02. The molecule has 0 amide bonds. The number of rotatable bonds is 2. The Morgan fingerprint density at radius 3 is 2.78 bits per heavy atom. The first-order chi connectivity index (χ1) is 11.0. The number of pyridine rings is 1. The van der Waals surface area contributed by atoms with Gasteiger partial charge >= 0.3 is 0 Å². The van der Waals surface area contributed by atoms with Crippen LogP contribution in [-0.4, -0.2) is 33.0 Å². The van der Waals surface area contributed by atoms with Crippen LogP contribution in [0, 0.1) is 5.41 Å². The Kier molecular flexibility index (Phi) is 3.01. The summed E-state index contributed by atoms with van der Waals surface area (Å²) >= 11 is 0. The Labute approximate surface area is 134 Å². The second kappa shape index (κ2) is 4.94. The van der Waals surface area contributed by atoms with Crippen molar-refractivity contribution in [2.24, 2.45) is 5.41 Å². The van der Waals surface area contributed by atoms with Crippen LogP contribution in [0.5, 0.6) is 0 Å². The molecule has 4 heterocycles. The van der Waals surface area contributed by atoms with E-state index in [1.165, 1.54) is 12.1 Å². The fourth-order valence-corrected chi connectivity index (χ4v) is 3.35. The molecule has 0 spiro atoms. The summed E-state index contributed by atoms with van der Waals surface area (Å²) in [6, 6.07) is 3.97. The number of hydrogen-bond donors (Lipinski definition) is 2. The van der Waals surface area contributed by atoms with E-state index >= 15 is 0 Å². The van der Waals surface area contributed by atoms with Crippen LogP contribution in [0.15, 0.2) is 30.7 Å². The maximum Gasteiger partial charge on any atom is 0.220 e. The number of nitrogens with two attached hydrogens (primary N) is 1. The van der Waals surface area contributed by atoms with Crippen molar-refractivity contribution in [3.63, 3.8) is 0 Å². The van der Waals surface area contributed by atoms with E-state index in [0.29, 0.717) is 5.41 Å². The van der Waals surface area contributed by atoms with Gasteiger partial charge in [0.2, 0.25) is 5.95 Å². The molecule has 0 aliphatic carbocycles. The number of hydrogen-bond acceptors (Lipinski definition) is 5. The summed E-state index contributed by atoms with van der Waals surface area (Å²) in [4.78, 5) is 18.5. The lowest BCUT2D eigenvalue weighted by atomic mass is 9.93. The van der Waals surface area contributed by atoms with Crippen LogP contribution in [0.3, 0.4) is 0 Å². The molecule has 1 saturated heterocycles. The molecule has 0 aromatic carbocycles. The van der Waals surface area contributed by atoms with Crippen LogP contribution in [-0.2, 0) is 0 Å². The summed E-state index contributed by atoms with van der Waals surface area (Å²) in [6.45, 7) is 6.73. The van der Waals surface area contributed by atoms with E-state index in [0.717, 1.165) is 35.4 Å². The number of anilines is 2. The monoisotopic (exact) mass is 308 g/mol. The lowest BCUT2D eigenvalue weighted by Gasteiger charge is -2.22. The highest BCUT2D eigenvalue weighted by atomic mass is 15.2. The summed E-state index contributed by atoms with van der Waals surface area (Å²) in [5.74, 6) is 0.282. The Morgan fingerprint density at radius 2 is 2.04 bits per heavy atom.